The molecule has 144 valence electrons. The quantitative estimate of drug-likeness (QED) is 0.850. The predicted molar refractivity (Wildman–Crippen MR) is 101 cm³/mol. The molecule has 1 heterocycles. The lowest BCUT2D eigenvalue weighted by Gasteiger charge is -2.36. The van der Waals surface area contributed by atoms with Crippen molar-refractivity contribution in [3.63, 3.8) is 0 Å². The highest BCUT2D eigenvalue weighted by atomic mass is 32.2. The minimum atomic E-state index is -3.69. The van der Waals surface area contributed by atoms with Crippen molar-refractivity contribution in [1.82, 2.24) is 4.31 Å². The average Bonchev–Trinajstić information content (AvgIpc) is 3.04. The maximum Gasteiger partial charge on any atom is 0.243 e. The van der Waals surface area contributed by atoms with Gasteiger partial charge in [-0.15, -0.1) is 0 Å². The number of fused-ring (bicyclic) bond motifs is 1. The molecule has 3 rings (SSSR count). The van der Waals surface area contributed by atoms with Crippen molar-refractivity contribution < 1.29 is 18.3 Å². The first-order chi connectivity index (χ1) is 12.4. The van der Waals surface area contributed by atoms with E-state index in [1.807, 2.05) is 6.92 Å². The van der Waals surface area contributed by atoms with Gasteiger partial charge in [-0.25, -0.2) is 8.42 Å². The Kier molecular flexibility index (Phi) is 5.69. The number of aliphatic hydroxyl groups excluding tert-OH is 1. The Morgan fingerprint density at radius 1 is 1.31 bits per heavy atom. The van der Waals surface area contributed by atoms with Gasteiger partial charge in [-0.3, -0.25) is 4.79 Å². The normalized spacial score (nSPS) is 23.3. The van der Waals surface area contributed by atoms with Crippen molar-refractivity contribution in [2.45, 2.75) is 69.4 Å². The van der Waals surface area contributed by atoms with Gasteiger partial charge in [0, 0.05) is 25.7 Å². The monoisotopic (exact) mass is 380 g/mol. The third-order valence-corrected chi connectivity index (χ3v) is 7.36. The van der Waals surface area contributed by atoms with Crippen LogP contribution in [0.1, 0.15) is 51.5 Å². The number of hydrogen-bond acceptors (Lipinski definition) is 4. The molecule has 0 radical (unpaired) electrons. The molecule has 1 amide bonds. The molecule has 0 unspecified atom stereocenters. The first kappa shape index (κ1) is 19.3. The second-order valence-electron chi connectivity index (χ2n) is 7.25. The largest absolute Gasteiger partial charge is 0.391 e. The predicted octanol–water partition coefficient (Wildman–Crippen LogP) is 2.30. The molecule has 7 heteroatoms. The van der Waals surface area contributed by atoms with E-state index in [2.05, 4.69) is 0 Å². The first-order valence-corrected chi connectivity index (χ1v) is 10.9. The van der Waals surface area contributed by atoms with Crippen LogP contribution in [-0.2, 0) is 21.2 Å². The Hall–Kier alpha value is -1.44. The summed E-state index contributed by atoms with van der Waals surface area (Å²) in [6.45, 7) is 4.47. The highest BCUT2D eigenvalue weighted by molar-refractivity contribution is 7.89. The molecule has 1 aromatic carbocycles. The fourth-order valence-electron chi connectivity index (χ4n) is 4.11. The second kappa shape index (κ2) is 7.66. The standard InChI is InChI=1S/C19H28N2O4S/c1-3-11-21(18-6-4-5-7-19(18)23)26(24,25)16-8-9-17-15(13-16)10-12-20(17)14(2)22/h8-9,13,18-19,23H,3-7,10-12H2,1-2H3/t18-,19+/m1/s1. The molecule has 6 nitrogen and oxygen atoms in total. The summed E-state index contributed by atoms with van der Waals surface area (Å²) >= 11 is 0. The van der Waals surface area contributed by atoms with E-state index < -0.39 is 16.1 Å². The molecule has 2 atom stereocenters. The fourth-order valence-corrected chi connectivity index (χ4v) is 5.94. The number of sulfonamides is 1. The summed E-state index contributed by atoms with van der Waals surface area (Å²) in [7, 11) is -3.69. The van der Waals surface area contributed by atoms with Gasteiger partial charge in [-0.1, -0.05) is 19.8 Å². The number of benzene rings is 1. The van der Waals surface area contributed by atoms with Crippen LogP contribution >= 0.6 is 0 Å². The van der Waals surface area contributed by atoms with E-state index >= 15 is 0 Å². The number of carbonyl (C=O) groups excluding carboxylic acids is 1. The van der Waals surface area contributed by atoms with Crippen molar-refractivity contribution >= 4 is 21.6 Å². The van der Waals surface area contributed by atoms with Crippen molar-refractivity contribution in [2.75, 3.05) is 18.0 Å². The average molecular weight is 381 g/mol. The molecule has 1 saturated carbocycles. The fraction of sp³-hybridized carbons (Fsp3) is 0.632. The zero-order valence-electron chi connectivity index (χ0n) is 15.5. The van der Waals surface area contributed by atoms with Crippen LogP contribution in [0.5, 0.6) is 0 Å². The summed E-state index contributed by atoms with van der Waals surface area (Å²) in [5.41, 5.74) is 1.69. The molecule has 1 aliphatic heterocycles. The lowest BCUT2D eigenvalue weighted by Crippen LogP contribution is -2.48. The van der Waals surface area contributed by atoms with Crippen LogP contribution in [0, 0.1) is 0 Å². The third kappa shape index (κ3) is 3.52. The summed E-state index contributed by atoms with van der Waals surface area (Å²) < 4.78 is 28.1. The topological polar surface area (TPSA) is 77.9 Å². The Morgan fingerprint density at radius 2 is 2.04 bits per heavy atom. The number of rotatable bonds is 5. The van der Waals surface area contributed by atoms with Gasteiger partial charge in [0.15, 0.2) is 0 Å². The number of anilines is 1. The smallest absolute Gasteiger partial charge is 0.243 e. The van der Waals surface area contributed by atoms with Crippen LogP contribution in [0.2, 0.25) is 0 Å². The molecule has 26 heavy (non-hydrogen) atoms. The van der Waals surface area contributed by atoms with Crippen molar-refractivity contribution in [3.8, 4) is 0 Å². The Bertz CT molecular complexity index is 778. The minimum Gasteiger partial charge on any atom is -0.391 e. The highest BCUT2D eigenvalue weighted by Crippen LogP contribution is 2.33. The Labute approximate surface area is 155 Å². The van der Waals surface area contributed by atoms with E-state index in [1.165, 1.54) is 11.2 Å². The Balaban J connectivity index is 1.94. The molecule has 1 N–H and O–H groups in total. The molecular formula is C19H28N2O4S. The van der Waals surface area contributed by atoms with Gasteiger partial charge in [0.2, 0.25) is 15.9 Å². The summed E-state index contributed by atoms with van der Waals surface area (Å²) in [4.78, 5) is 13.6. The van der Waals surface area contributed by atoms with E-state index in [-0.39, 0.29) is 16.8 Å². The molecule has 0 aromatic heterocycles. The lowest BCUT2D eigenvalue weighted by atomic mass is 9.92. The maximum absolute atomic E-state index is 13.3. The first-order valence-electron chi connectivity index (χ1n) is 9.47. The molecule has 1 fully saturated rings. The number of carbonyl (C=O) groups is 1. The van der Waals surface area contributed by atoms with Gasteiger partial charge in [-0.05, 0) is 49.4 Å². The van der Waals surface area contributed by atoms with Crippen LogP contribution in [0.4, 0.5) is 5.69 Å². The summed E-state index contributed by atoms with van der Waals surface area (Å²) in [6.07, 6.45) is 3.99. The lowest BCUT2D eigenvalue weighted by molar-refractivity contribution is -0.116. The number of nitrogens with zero attached hydrogens (tertiary/aromatic N) is 2. The van der Waals surface area contributed by atoms with Crippen LogP contribution in [0.25, 0.3) is 0 Å². The van der Waals surface area contributed by atoms with Crippen molar-refractivity contribution in [3.05, 3.63) is 23.8 Å². The maximum atomic E-state index is 13.3. The van der Waals surface area contributed by atoms with Crippen LogP contribution in [-0.4, -0.2) is 49.0 Å². The highest BCUT2D eigenvalue weighted by Gasteiger charge is 2.37. The van der Waals surface area contributed by atoms with Crippen molar-refractivity contribution in [1.29, 1.82) is 0 Å². The van der Waals surface area contributed by atoms with Crippen LogP contribution in [0.3, 0.4) is 0 Å². The van der Waals surface area contributed by atoms with Gasteiger partial charge in [0.05, 0.1) is 17.0 Å². The number of amides is 1. The number of hydrogen-bond donors (Lipinski definition) is 1. The Morgan fingerprint density at radius 3 is 2.69 bits per heavy atom. The molecular weight excluding hydrogens is 352 g/mol. The van der Waals surface area contributed by atoms with Gasteiger partial charge in [0.25, 0.3) is 0 Å². The van der Waals surface area contributed by atoms with E-state index in [0.717, 1.165) is 24.1 Å². The molecule has 0 saturated heterocycles. The second-order valence-corrected chi connectivity index (χ2v) is 9.14. The van der Waals surface area contributed by atoms with Gasteiger partial charge >= 0.3 is 0 Å². The molecule has 1 aliphatic carbocycles. The van der Waals surface area contributed by atoms with Crippen LogP contribution in [0.15, 0.2) is 23.1 Å². The van der Waals surface area contributed by atoms with E-state index in [1.54, 1.807) is 23.1 Å². The molecule has 0 bridgehead atoms. The SMILES string of the molecule is CCCN([C@@H]1CCCC[C@@H]1O)S(=O)(=O)c1ccc2c(c1)CCN2C(C)=O. The van der Waals surface area contributed by atoms with Gasteiger partial charge in [-0.2, -0.15) is 4.31 Å². The van der Waals surface area contributed by atoms with E-state index in [0.29, 0.717) is 38.8 Å². The van der Waals surface area contributed by atoms with Crippen LogP contribution < -0.4 is 4.90 Å². The molecule has 1 aromatic rings. The zero-order valence-corrected chi connectivity index (χ0v) is 16.3. The summed E-state index contributed by atoms with van der Waals surface area (Å²) in [5.74, 6) is -0.0303. The van der Waals surface area contributed by atoms with E-state index in [4.69, 9.17) is 0 Å². The third-order valence-electron chi connectivity index (χ3n) is 5.44. The van der Waals surface area contributed by atoms with E-state index in [9.17, 15) is 18.3 Å². The minimum absolute atomic E-state index is 0.0303. The summed E-state index contributed by atoms with van der Waals surface area (Å²) in [5, 5.41) is 10.4. The molecule has 2 aliphatic rings. The summed E-state index contributed by atoms with van der Waals surface area (Å²) in [6, 6.07) is 4.67. The zero-order chi connectivity index (χ0) is 18.9. The number of aliphatic hydroxyl groups is 1. The molecule has 0 spiro atoms. The van der Waals surface area contributed by atoms with Gasteiger partial charge in [0.1, 0.15) is 0 Å². The van der Waals surface area contributed by atoms with Gasteiger partial charge < -0.3 is 10.0 Å². The van der Waals surface area contributed by atoms with Crippen molar-refractivity contribution in [2.24, 2.45) is 0 Å².